The lowest BCUT2D eigenvalue weighted by atomic mass is 9.77. The molecule has 1 N–H and O–H groups in total. The molecule has 1 heteroatoms. The normalized spacial score (nSPS) is 24.8. The Kier molecular flexibility index (Phi) is 5.48. The van der Waals surface area contributed by atoms with Crippen LogP contribution in [0.1, 0.15) is 70.9 Å². The van der Waals surface area contributed by atoms with Gasteiger partial charge in [0, 0.05) is 0 Å². The first kappa shape index (κ1) is 16.5. The maximum absolute atomic E-state index is 10.5. The Labute approximate surface area is 130 Å². The van der Waals surface area contributed by atoms with E-state index in [-0.39, 0.29) is 11.5 Å². The summed E-state index contributed by atoms with van der Waals surface area (Å²) in [5, 5.41) is 10.5. The van der Waals surface area contributed by atoms with E-state index in [0.29, 0.717) is 5.92 Å². The van der Waals surface area contributed by atoms with E-state index < -0.39 is 0 Å². The molecule has 1 fully saturated rings. The summed E-state index contributed by atoms with van der Waals surface area (Å²) in [7, 11) is 0. The minimum Gasteiger partial charge on any atom is -0.392 e. The molecule has 1 saturated carbocycles. The zero-order chi connectivity index (χ0) is 15.5. The van der Waals surface area contributed by atoms with Gasteiger partial charge in [-0.3, -0.25) is 0 Å². The quantitative estimate of drug-likeness (QED) is 0.817. The van der Waals surface area contributed by atoms with Crippen molar-refractivity contribution in [3.63, 3.8) is 0 Å². The molecule has 0 aromatic heterocycles. The van der Waals surface area contributed by atoms with E-state index >= 15 is 0 Å². The predicted octanol–water partition coefficient (Wildman–Crippen LogP) is 5.10. The van der Waals surface area contributed by atoms with E-state index in [0.717, 1.165) is 12.3 Å². The average Bonchev–Trinajstić information content (AvgIpc) is 2.47. The van der Waals surface area contributed by atoms with E-state index in [1.807, 2.05) is 0 Å². The first-order valence-corrected chi connectivity index (χ1v) is 8.67. The lowest BCUT2D eigenvalue weighted by Gasteiger charge is -2.31. The third-order valence-corrected chi connectivity index (χ3v) is 5.28. The SMILES string of the molecule is CCC1CCC(C(O)Cc2ccc(C(C)(C)C)cc2)CC1. The Morgan fingerprint density at radius 2 is 1.62 bits per heavy atom. The molecule has 0 heterocycles. The van der Waals surface area contributed by atoms with Gasteiger partial charge in [-0.05, 0) is 47.6 Å². The minimum atomic E-state index is -0.164. The second-order valence-electron chi connectivity index (χ2n) is 7.91. The smallest absolute Gasteiger partial charge is 0.0608 e. The highest BCUT2D eigenvalue weighted by Crippen LogP contribution is 2.33. The first-order valence-electron chi connectivity index (χ1n) is 8.67. The molecule has 0 bridgehead atoms. The van der Waals surface area contributed by atoms with Crippen LogP contribution in [0.3, 0.4) is 0 Å². The van der Waals surface area contributed by atoms with Crippen LogP contribution in [-0.2, 0) is 11.8 Å². The van der Waals surface area contributed by atoms with Gasteiger partial charge in [0.2, 0.25) is 0 Å². The fourth-order valence-electron chi connectivity index (χ4n) is 3.53. The maximum atomic E-state index is 10.5. The van der Waals surface area contributed by atoms with Crippen LogP contribution in [0, 0.1) is 11.8 Å². The van der Waals surface area contributed by atoms with E-state index in [1.54, 1.807) is 0 Å². The van der Waals surface area contributed by atoms with Crippen molar-refractivity contribution in [1.82, 2.24) is 0 Å². The van der Waals surface area contributed by atoms with Crippen molar-refractivity contribution in [3.8, 4) is 0 Å². The average molecular weight is 288 g/mol. The number of hydrogen-bond donors (Lipinski definition) is 1. The molecule has 1 atom stereocenters. The largest absolute Gasteiger partial charge is 0.392 e. The van der Waals surface area contributed by atoms with Gasteiger partial charge in [-0.1, -0.05) is 71.2 Å². The predicted molar refractivity (Wildman–Crippen MR) is 90.6 cm³/mol. The number of aliphatic hydroxyl groups is 1. The van der Waals surface area contributed by atoms with Gasteiger partial charge < -0.3 is 5.11 Å². The summed E-state index contributed by atoms with van der Waals surface area (Å²) >= 11 is 0. The minimum absolute atomic E-state index is 0.164. The molecular formula is C20H32O. The van der Waals surface area contributed by atoms with Gasteiger partial charge in [0.05, 0.1) is 6.10 Å². The van der Waals surface area contributed by atoms with Crippen LogP contribution in [0.2, 0.25) is 0 Å². The number of benzene rings is 1. The van der Waals surface area contributed by atoms with Crippen molar-refractivity contribution in [2.75, 3.05) is 0 Å². The van der Waals surface area contributed by atoms with Crippen LogP contribution in [0.25, 0.3) is 0 Å². The highest BCUT2D eigenvalue weighted by Gasteiger charge is 2.25. The van der Waals surface area contributed by atoms with E-state index in [9.17, 15) is 5.11 Å². The third-order valence-electron chi connectivity index (χ3n) is 5.28. The highest BCUT2D eigenvalue weighted by molar-refractivity contribution is 5.27. The second-order valence-corrected chi connectivity index (χ2v) is 7.91. The molecule has 0 amide bonds. The lowest BCUT2D eigenvalue weighted by molar-refractivity contribution is 0.0735. The molecule has 1 aliphatic carbocycles. The molecule has 1 aromatic carbocycles. The van der Waals surface area contributed by atoms with Gasteiger partial charge in [0.1, 0.15) is 0 Å². The van der Waals surface area contributed by atoms with Crippen molar-refractivity contribution in [2.45, 2.75) is 77.7 Å². The summed E-state index contributed by atoms with van der Waals surface area (Å²) in [4.78, 5) is 0. The molecule has 21 heavy (non-hydrogen) atoms. The van der Waals surface area contributed by atoms with Crippen LogP contribution >= 0.6 is 0 Å². The first-order chi connectivity index (χ1) is 9.90. The second kappa shape index (κ2) is 6.96. The third kappa shape index (κ3) is 4.57. The van der Waals surface area contributed by atoms with Crippen LogP contribution in [0.4, 0.5) is 0 Å². The van der Waals surface area contributed by atoms with Gasteiger partial charge in [-0.2, -0.15) is 0 Å². The number of rotatable bonds is 4. The van der Waals surface area contributed by atoms with Crippen LogP contribution in [0.5, 0.6) is 0 Å². The summed E-state index contributed by atoms with van der Waals surface area (Å²) in [5.74, 6) is 1.41. The molecule has 1 aromatic rings. The standard InChI is InChI=1S/C20H32O/c1-5-15-6-10-17(11-7-15)19(21)14-16-8-12-18(13-9-16)20(2,3)4/h8-9,12-13,15,17,19,21H,5-7,10-11,14H2,1-4H3. The summed E-state index contributed by atoms with van der Waals surface area (Å²) in [6.07, 6.45) is 6.98. The zero-order valence-corrected chi connectivity index (χ0v) is 14.2. The van der Waals surface area contributed by atoms with Crippen LogP contribution < -0.4 is 0 Å². The molecule has 0 saturated heterocycles. The number of hydrogen-bond acceptors (Lipinski definition) is 1. The van der Waals surface area contributed by atoms with Crippen molar-refractivity contribution in [3.05, 3.63) is 35.4 Å². The Balaban J connectivity index is 1.89. The monoisotopic (exact) mass is 288 g/mol. The molecule has 1 nitrogen and oxygen atoms in total. The van der Waals surface area contributed by atoms with Crippen molar-refractivity contribution < 1.29 is 5.11 Å². The maximum Gasteiger partial charge on any atom is 0.0608 e. The fraction of sp³-hybridized carbons (Fsp3) is 0.700. The van der Waals surface area contributed by atoms with Crippen molar-refractivity contribution in [2.24, 2.45) is 11.8 Å². The highest BCUT2D eigenvalue weighted by atomic mass is 16.3. The van der Waals surface area contributed by atoms with Crippen molar-refractivity contribution in [1.29, 1.82) is 0 Å². The van der Waals surface area contributed by atoms with E-state index in [2.05, 4.69) is 52.0 Å². The van der Waals surface area contributed by atoms with Gasteiger partial charge in [-0.25, -0.2) is 0 Å². The summed E-state index contributed by atoms with van der Waals surface area (Å²) in [6.45, 7) is 9.01. The Morgan fingerprint density at radius 1 is 1.05 bits per heavy atom. The molecule has 1 aliphatic rings. The van der Waals surface area contributed by atoms with Gasteiger partial charge in [-0.15, -0.1) is 0 Å². The lowest BCUT2D eigenvalue weighted by Crippen LogP contribution is -2.27. The molecule has 2 rings (SSSR count). The molecule has 1 unspecified atom stereocenters. The molecular weight excluding hydrogens is 256 g/mol. The van der Waals surface area contributed by atoms with Gasteiger partial charge in [0.15, 0.2) is 0 Å². The van der Waals surface area contributed by atoms with Crippen LogP contribution in [0.15, 0.2) is 24.3 Å². The Hall–Kier alpha value is -0.820. The number of aliphatic hydroxyl groups excluding tert-OH is 1. The summed E-state index contributed by atoms with van der Waals surface area (Å²) in [6, 6.07) is 8.83. The topological polar surface area (TPSA) is 20.2 Å². The molecule has 0 aliphatic heterocycles. The van der Waals surface area contributed by atoms with Crippen LogP contribution in [-0.4, -0.2) is 11.2 Å². The molecule has 0 radical (unpaired) electrons. The molecule has 118 valence electrons. The Morgan fingerprint density at radius 3 is 2.10 bits per heavy atom. The fourth-order valence-corrected chi connectivity index (χ4v) is 3.53. The van der Waals surface area contributed by atoms with E-state index in [1.165, 1.54) is 43.2 Å². The summed E-state index contributed by atoms with van der Waals surface area (Å²) in [5.41, 5.74) is 2.84. The van der Waals surface area contributed by atoms with Crippen molar-refractivity contribution >= 4 is 0 Å². The Bertz CT molecular complexity index is 418. The zero-order valence-electron chi connectivity index (χ0n) is 14.2. The summed E-state index contributed by atoms with van der Waals surface area (Å²) < 4.78 is 0. The molecule has 0 spiro atoms. The van der Waals surface area contributed by atoms with Gasteiger partial charge >= 0.3 is 0 Å². The van der Waals surface area contributed by atoms with E-state index in [4.69, 9.17) is 0 Å². The van der Waals surface area contributed by atoms with Gasteiger partial charge in [0.25, 0.3) is 0 Å².